The Hall–Kier alpha value is -0.900. The highest BCUT2D eigenvalue weighted by atomic mass is 16.3. The normalized spacial score (nSPS) is 14.1. The van der Waals surface area contributed by atoms with E-state index in [1.807, 2.05) is 0 Å². The number of rotatable bonds is 6. The number of hydrogen-bond donors (Lipinski definition) is 2. The van der Waals surface area contributed by atoms with Crippen LogP contribution >= 0.6 is 0 Å². The summed E-state index contributed by atoms with van der Waals surface area (Å²) >= 11 is 0. The van der Waals surface area contributed by atoms with Crippen molar-refractivity contribution in [2.75, 3.05) is 13.2 Å². The third kappa shape index (κ3) is 5.56. The molecule has 0 fully saturated rings. The Kier molecular flexibility index (Phi) is 7.02. The molecule has 0 unspecified atom stereocenters. The van der Waals surface area contributed by atoms with Crippen molar-refractivity contribution in [2.45, 2.75) is 105 Å². The second-order valence-electron chi connectivity index (χ2n) is 11.3. The lowest BCUT2D eigenvalue weighted by Crippen LogP contribution is -2.55. The largest absolute Gasteiger partial charge is 0.395 e. The van der Waals surface area contributed by atoms with Crippen LogP contribution in [0.15, 0.2) is 12.1 Å². The molecule has 0 aliphatic heterocycles. The second kappa shape index (κ2) is 7.85. The van der Waals surface area contributed by atoms with Crippen LogP contribution in [0.1, 0.15) is 91.5 Å². The molecule has 1 aromatic rings. The van der Waals surface area contributed by atoms with Gasteiger partial charge in [0.15, 0.2) is 0 Å². The van der Waals surface area contributed by atoms with E-state index in [0.29, 0.717) is 0 Å². The molecule has 0 saturated heterocycles. The van der Waals surface area contributed by atoms with Gasteiger partial charge in [0.2, 0.25) is 0 Å². The van der Waals surface area contributed by atoms with Crippen LogP contribution in [0.5, 0.6) is 0 Å². The fourth-order valence-corrected chi connectivity index (χ4v) is 3.77. The smallest absolute Gasteiger partial charge is 0.0610 e. The Labute approximate surface area is 167 Å². The van der Waals surface area contributed by atoms with E-state index in [0.717, 1.165) is 6.54 Å². The highest BCUT2D eigenvalue weighted by Crippen LogP contribution is 2.36. The quantitative estimate of drug-likeness (QED) is 0.738. The number of nitrogens with zero attached hydrogens (tertiary/aromatic N) is 1. The van der Waals surface area contributed by atoms with Crippen molar-refractivity contribution < 1.29 is 10.2 Å². The van der Waals surface area contributed by atoms with Crippen LogP contribution in [0.25, 0.3) is 0 Å². The first-order chi connectivity index (χ1) is 12.0. The lowest BCUT2D eigenvalue weighted by Gasteiger charge is -2.47. The molecule has 1 rings (SSSR count). The summed E-state index contributed by atoms with van der Waals surface area (Å²) in [6.45, 7) is 24.9. The van der Waals surface area contributed by atoms with Crippen molar-refractivity contribution in [3.8, 4) is 0 Å². The van der Waals surface area contributed by atoms with Gasteiger partial charge in [-0.15, -0.1) is 0 Å². The molecule has 0 saturated carbocycles. The molecule has 0 radical (unpaired) electrons. The van der Waals surface area contributed by atoms with Crippen LogP contribution in [-0.2, 0) is 17.4 Å². The molecular formula is C24H43NO2. The SMILES string of the molecule is Cc1c(CN(C(C)(C)C)C(C)(C)CO)cc(C(C)(C)C)cc1C(C)(C)CO. The molecule has 3 nitrogen and oxygen atoms in total. The predicted molar refractivity (Wildman–Crippen MR) is 116 cm³/mol. The van der Waals surface area contributed by atoms with Gasteiger partial charge in [0.05, 0.1) is 13.2 Å². The van der Waals surface area contributed by atoms with Crippen molar-refractivity contribution >= 4 is 0 Å². The van der Waals surface area contributed by atoms with Gasteiger partial charge in [-0.3, -0.25) is 4.90 Å². The standard InChI is InChI=1S/C24H43NO2/c1-17-18(14-25(22(5,6)7)24(10,11)16-27)12-19(21(2,3)4)13-20(17)23(8,9)15-26/h12-13,26-27H,14-16H2,1-11H3. The molecule has 0 aliphatic rings. The van der Waals surface area contributed by atoms with Crippen LogP contribution in [0.3, 0.4) is 0 Å². The Morgan fingerprint density at radius 2 is 1.33 bits per heavy atom. The maximum Gasteiger partial charge on any atom is 0.0610 e. The van der Waals surface area contributed by atoms with Gasteiger partial charge in [-0.25, -0.2) is 0 Å². The minimum atomic E-state index is -0.324. The summed E-state index contributed by atoms with van der Waals surface area (Å²) in [6.07, 6.45) is 0. The fourth-order valence-electron chi connectivity index (χ4n) is 3.77. The molecule has 156 valence electrons. The molecule has 0 atom stereocenters. The van der Waals surface area contributed by atoms with Crippen LogP contribution in [0.2, 0.25) is 0 Å². The third-order valence-electron chi connectivity index (χ3n) is 5.76. The zero-order valence-corrected chi connectivity index (χ0v) is 19.6. The molecule has 27 heavy (non-hydrogen) atoms. The first-order valence-corrected chi connectivity index (χ1v) is 10.1. The molecule has 0 bridgehead atoms. The maximum absolute atomic E-state index is 10.0. The summed E-state index contributed by atoms with van der Waals surface area (Å²) in [5.74, 6) is 0. The van der Waals surface area contributed by atoms with Gasteiger partial charge < -0.3 is 10.2 Å². The highest BCUT2D eigenvalue weighted by molar-refractivity contribution is 5.44. The summed E-state index contributed by atoms with van der Waals surface area (Å²) in [6, 6.07) is 4.59. The zero-order chi connectivity index (χ0) is 21.4. The van der Waals surface area contributed by atoms with Crippen molar-refractivity contribution in [3.05, 3.63) is 34.4 Å². The van der Waals surface area contributed by atoms with E-state index in [9.17, 15) is 10.2 Å². The van der Waals surface area contributed by atoms with E-state index in [4.69, 9.17) is 0 Å². The van der Waals surface area contributed by atoms with E-state index in [1.165, 1.54) is 22.3 Å². The van der Waals surface area contributed by atoms with Gasteiger partial charge in [-0.2, -0.15) is 0 Å². The van der Waals surface area contributed by atoms with Crippen molar-refractivity contribution in [2.24, 2.45) is 0 Å². The van der Waals surface area contributed by atoms with Crippen molar-refractivity contribution in [1.82, 2.24) is 4.90 Å². The highest BCUT2D eigenvalue weighted by Gasteiger charge is 2.35. The average Bonchev–Trinajstić information content (AvgIpc) is 2.51. The summed E-state index contributed by atoms with van der Waals surface area (Å²) in [5.41, 5.74) is 4.35. The Balaban J connectivity index is 3.64. The summed E-state index contributed by atoms with van der Waals surface area (Å²) in [7, 11) is 0. The lowest BCUT2D eigenvalue weighted by molar-refractivity contribution is -0.0161. The molecule has 0 aliphatic carbocycles. The zero-order valence-electron chi connectivity index (χ0n) is 19.6. The van der Waals surface area contributed by atoms with E-state index in [1.54, 1.807) is 0 Å². The Morgan fingerprint density at radius 3 is 1.70 bits per heavy atom. The molecule has 2 N–H and O–H groups in total. The number of aliphatic hydroxyl groups excluding tert-OH is 2. The minimum Gasteiger partial charge on any atom is -0.395 e. The molecule has 0 amide bonds. The summed E-state index contributed by atoms with van der Waals surface area (Å²) in [5, 5.41) is 20.0. The minimum absolute atomic E-state index is 0.0296. The van der Waals surface area contributed by atoms with Gasteiger partial charge in [0.1, 0.15) is 0 Å². The number of benzene rings is 1. The average molecular weight is 378 g/mol. The Morgan fingerprint density at radius 1 is 0.815 bits per heavy atom. The number of hydrogen-bond acceptors (Lipinski definition) is 3. The van der Waals surface area contributed by atoms with Crippen LogP contribution < -0.4 is 0 Å². The molecule has 0 spiro atoms. The van der Waals surface area contributed by atoms with Crippen LogP contribution in [0.4, 0.5) is 0 Å². The maximum atomic E-state index is 10.0. The van der Waals surface area contributed by atoms with Crippen LogP contribution in [0, 0.1) is 6.92 Å². The van der Waals surface area contributed by atoms with Crippen LogP contribution in [-0.4, -0.2) is 39.4 Å². The van der Waals surface area contributed by atoms with Gasteiger partial charge in [-0.1, -0.05) is 46.8 Å². The van der Waals surface area contributed by atoms with Gasteiger partial charge >= 0.3 is 0 Å². The van der Waals surface area contributed by atoms with Gasteiger partial charge in [0, 0.05) is 23.0 Å². The van der Waals surface area contributed by atoms with E-state index < -0.39 is 0 Å². The second-order valence-corrected chi connectivity index (χ2v) is 11.3. The monoisotopic (exact) mass is 377 g/mol. The molecular weight excluding hydrogens is 334 g/mol. The van der Waals surface area contributed by atoms with Gasteiger partial charge in [-0.05, 0) is 69.2 Å². The molecule has 3 heteroatoms. The predicted octanol–water partition coefficient (Wildman–Crippen LogP) is 4.93. The summed E-state index contributed by atoms with van der Waals surface area (Å²) < 4.78 is 0. The molecule has 0 aromatic heterocycles. The van der Waals surface area contributed by atoms with E-state index in [-0.39, 0.29) is 35.1 Å². The first-order valence-electron chi connectivity index (χ1n) is 10.1. The Bertz CT molecular complexity index is 646. The van der Waals surface area contributed by atoms with E-state index in [2.05, 4.69) is 93.2 Å². The first kappa shape index (κ1) is 24.1. The molecule has 0 heterocycles. The van der Waals surface area contributed by atoms with E-state index >= 15 is 0 Å². The third-order valence-corrected chi connectivity index (χ3v) is 5.76. The topological polar surface area (TPSA) is 43.7 Å². The molecule has 1 aromatic carbocycles. The van der Waals surface area contributed by atoms with Crippen molar-refractivity contribution in [1.29, 1.82) is 0 Å². The fraction of sp³-hybridized carbons (Fsp3) is 0.750. The van der Waals surface area contributed by atoms with Crippen molar-refractivity contribution in [3.63, 3.8) is 0 Å². The van der Waals surface area contributed by atoms with Gasteiger partial charge in [0.25, 0.3) is 0 Å². The summed E-state index contributed by atoms with van der Waals surface area (Å²) in [4.78, 5) is 2.38. The number of aliphatic hydroxyl groups is 2. The lowest BCUT2D eigenvalue weighted by atomic mass is 9.76.